The van der Waals surface area contributed by atoms with E-state index in [0.717, 1.165) is 37.8 Å². The largest absolute Gasteiger partial charge is 0.363 e. The summed E-state index contributed by atoms with van der Waals surface area (Å²) in [7, 11) is 0. The molecule has 1 aliphatic heterocycles. The van der Waals surface area contributed by atoms with Gasteiger partial charge in [-0.05, 0) is 51.8 Å². The molecule has 37 heavy (non-hydrogen) atoms. The van der Waals surface area contributed by atoms with E-state index in [9.17, 15) is 13.2 Å². The number of halogens is 3. The van der Waals surface area contributed by atoms with E-state index in [-0.39, 0.29) is 11.6 Å². The van der Waals surface area contributed by atoms with Gasteiger partial charge in [0.05, 0.1) is 28.6 Å². The molecule has 1 aliphatic rings. The van der Waals surface area contributed by atoms with Crippen LogP contribution in [0.4, 0.5) is 24.8 Å². The predicted molar refractivity (Wildman–Crippen MR) is 134 cm³/mol. The number of tetrazole rings is 1. The Kier molecular flexibility index (Phi) is 6.65. The standard InChI is InChI=1S/C25H28F3N9/c1-13(2)37-34-24(33-35-37)19-12-18-22(29-14(3)16-8-7-9-17(20(16)26)21(27)28)30-15(4)31-23(18)32-25(19)36-10-5-6-11-36/h7-9,12-14,21H,5-6,10-11H2,1-4H3,(H,29,30,31,32)/t14-/m1/s1. The quantitative estimate of drug-likeness (QED) is 0.351. The molecule has 0 amide bonds. The molecular weight excluding hydrogens is 483 g/mol. The summed E-state index contributed by atoms with van der Waals surface area (Å²) in [6.07, 6.45) is -0.791. The summed E-state index contributed by atoms with van der Waals surface area (Å²) < 4.78 is 41.4. The molecule has 0 radical (unpaired) electrons. The molecule has 1 saturated heterocycles. The highest BCUT2D eigenvalue weighted by Gasteiger charge is 2.25. The van der Waals surface area contributed by atoms with E-state index in [2.05, 4.69) is 35.6 Å². The van der Waals surface area contributed by atoms with E-state index in [1.165, 1.54) is 12.1 Å². The summed E-state index contributed by atoms with van der Waals surface area (Å²) in [4.78, 5) is 17.7. The molecular formula is C25H28F3N9. The van der Waals surface area contributed by atoms with Crippen LogP contribution in [0.2, 0.25) is 0 Å². The van der Waals surface area contributed by atoms with Gasteiger partial charge in [0.15, 0.2) is 5.65 Å². The fourth-order valence-corrected chi connectivity index (χ4v) is 4.50. The minimum Gasteiger partial charge on any atom is -0.363 e. The van der Waals surface area contributed by atoms with Gasteiger partial charge in [0, 0.05) is 18.7 Å². The highest BCUT2D eigenvalue weighted by atomic mass is 19.3. The third kappa shape index (κ3) is 4.79. The van der Waals surface area contributed by atoms with Crippen LogP contribution in [-0.2, 0) is 0 Å². The lowest BCUT2D eigenvalue weighted by Gasteiger charge is -2.21. The Labute approximate surface area is 212 Å². The van der Waals surface area contributed by atoms with Crippen LogP contribution in [0.15, 0.2) is 24.3 Å². The number of nitrogens with one attached hydrogen (secondary N) is 1. The molecule has 9 nitrogen and oxygen atoms in total. The number of hydrogen-bond donors (Lipinski definition) is 1. The number of aryl methyl sites for hydroxylation is 1. The Balaban J connectivity index is 1.62. The Morgan fingerprint density at radius 1 is 1.00 bits per heavy atom. The SMILES string of the molecule is Cc1nc(N[C@H](C)c2cccc(C(F)F)c2F)c2cc(-c3nnn(C(C)C)n3)c(N3CCCC3)nc2n1. The Hall–Kier alpha value is -3.83. The van der Waals surface area contributed by atoms with E-state index in [4.69, 9.17) is 4.98 Å². The maximum absolute atomic E-state index is 14.9. The molecule has 4 heterocycles. The molecule has 1 atom stereocenters. The Bertz CT molecular complexity index is 1430. The number of aromatic nitrogens is 7. The van der Waals surface area contributed by atoms with Crippen molar-refractivity contribution in [3.05, 3.63) is 47.0 Å². The maximum atomic E-state index is 14.9. The molecule has 5 rings (SSSR count). The van der Waals surface area contributed by atoms with Gasteiger partial charge in [-0.1, -0.05) is 18.2 Å². The van der Waals surface area contributed by atoms with Gasteiger partial charge in [0.2, 0.25) is 5.82 Å². The van der Waals surface area contributed by atoms with Crippen molar-refractivity contribution < 1.29 is 13.2 Å². The van der Waals surface area contributed by atoms with Crippen LogP contribution in [0.3, 0.4) is 0 Å². The van der Waals surface area contributed by atoms with Crippen LogP contribution in [-0.4, -0.2) is 48.2 Å². The number of pyridine rings is 1. The number of benzene rings is 1. The monoisotopic (exact) mass is 511 g/mol. The normalized spacial score (nSPS) is 14.8. The highest BCUT2D eigenvalue weighted by molar-refractivity contribution is 5.93. The minimum absolute atomic E-state index is 0.0351. The molecule has 1 fully saturated rings. The van der Waals surface area contributed by atoms with Crippen LogP contribution in [0, 0.1) is 12.7 Å². The predicted octanol–water partition coefficient (Wildman–Crippen LogP) is 5.42. The summed E-state index contributed by atoms with van der Waals surface area (Å²) in [5, 5.41) is 16.8. The van der Waals surface area contributed by atoms with E-state index in [1.807, 2.05) is 19.9 Å². The lowest BCUT2D eigenvalue weighted by molar-refractivity contribution is 0.146. The summed E-state index contributed by atoms with van der Waals surface area (Å²) in [6.45, 7) is 9.08. The molecule has 0 bridgehead atoms. The molecule has 0 spiro atoms. The highest BCUT2D eigenvalue weighted by Crippen LogP contribution is 2.35. The lowest BCUT2D eigenvalue weighted by Crippen LogP contribution is -2.20. The zero-order valence-corrected chi connectivity index (χ0v) is 21.1. The topological polar surface area (TPSA) is 97.5 Å². The van der Waals surface area contributed by atoms with Crippen LogP contribution in [0.5, 0.6) is 0 Å². The summed E-state index contributed by atoms with van der Waals surface area (Å²) in [6, 6.07) is 5.25. The van der Waals surface area contributed by atoms with Crippen LogP contribution >= 0.6 is 0 Å². The van der Waals surface area contributed by atoms with Gasteiger partial charge in [-0.3, -0.25) is 0 Å². The van der Waals surface area contributed by atoms with E-state index in [0.29, 0.717) is 34.1 Å². The first-order valence-electron chi connectivity index (χ1n) is 12.3. The van der Waals surface area contributed by atoms with E-state index in [1.54, 1.807) is 18.6 Å². The number of fused-ring (bicyclic) bond motifs is 1. The molecule has 1 aromatic carbocycles. The van der Waals surface area contributed by atoms with Crippen molar-refractivity contribution in [2.75, 3.05) is 23.3 Å². The summed E-state index contributed by atoms with van der Waals surface area (Å²) in [5.74, 6) is 1.11. The van der Waals surface area contributed by atoms with Crippen molar-refractivity contribution >= 4 is 22.7 Å². The average Bonchev–Trinajstić information content (AvgIpc) is 3.56. The van der Waals surface area contributed by atoms with E-state index < -0.39 is 23.8 Å². The Morgan fingerprint density at radius 2 is 1.73 bits per heavy atom. The molecule has 0 aliphatic carbocycles. The first-order valence-corrected chi connectivity index (χ1v) is 12.3. The third-order valence-electron chi connectivity index (χ3n) is 6.43. The van der Waals surface area contributed by atoms with Gasteiger partial charge in [0.25, 0.3) is 6.43 Å². The molecule has 0 unspecified atom stereocenters. The van der Waals surface area contributed by atoms with Gasteiger partial charge in [-0.25, -0.2) is 28.1 Å². The van der Waals surface area contributed by atoms with Crippen LogP contribution in [0.25, 0.3) is 22.4 Å². The lowest BCUT2D eigenvalue weighted by atomic mass is 10.0. The van der Waals surface area contributed by atoms with Crippen molar-refractivity contribution in [1.82, 2.24) is 35.2 Å². The fraction of sp³-hybridized carbons (Fsp3) is 0.440. The van der Waals surface area contributed by atoms with Gasteiger partial charge in [0.1, 0.15) is 23.3 Å². The molecule has 0 saturated carbocycles. The van der Waals surface area contributed by atoms with Gasteiger partial charge >= 0.3 is 0 Å². The smallest absolute Gasteiger partial charge is 0.266 e. The van der Waals surface area contributed by atoms with Gasteiger partial charge in [-0.15, -0.1) is 10.2 Å². The number of alkyl halides is 2. The molecule has 12 heteroatoms. The molecule has 1 N–H and O–H groups in total. The second-order valence-electron chi connectivity index (χ2n) is 9.49. The molecule has 194 valence electrons. The van der Waals surface area contributed by atoms with E-state index >= 15 is 0 Å². The van der Waals surface area contributed by atoms with Crippen molar-refractivity contribution in [1.29, 1.82) is 0 Å². The van der Waals surface area contributed by atoms with Crippen LogP contribution < -0.4 is 10.2 Å². The maximum Gasteiger partial charge on any atom is 0.266 e. The van der Waals surface area contributed by atoms with Gasteiger partial charge < -0.3 is 10.2 Å². The molecule has 4 aromatic rings. The first kappa shape index (κ1) is 24.8. The number of hydrogen-bond acceptors (Lipinski definition) is 8. The van der Waals surface area contributed by atoms with Crippen molar-refractivity contribution in [3.8, 4) is 11.4 Å². The Morgan fingerprint density at radius 3 is 2.41 bits per heavy atom. The zero-order valence-electron chi connectivity index (χ0n) is 21.1. The third-order valence-corrected chi connectivity index (χ3v) is 6.43. The van der Waals surface area contributed by atoms with Crippen molar-refractivity contribution in [2.45, 2.75) is 59.0 Å². The number of nitrogens with zero attached hydrogens (tertiary/aromatic N) is 8. The zero-order chi connectivity index (χ0) is 26.3. The van der Waals surface area contributed by atoms with Crippen molar-refractivity contribution in [3.63, 3.8) is 0 Å². The summed E-state index contributed by atoms with van der Waals surface area (Å²) in [5.41, 5.74) is 0.639. The molecule has 3 aromatic heterocycles. The minimum atomic E-state index is -2.91. The number of rotatable bonds is 7. The fourth-order valence-electron chi connectivity index (χ4n) is 4.50. The van der Waals surface area contributed by atoms with Crippen LogP contribution in [0.1, 0.15) is 69.1 Å². The van der Waals surface area contributed by atoms with Crippen molar-refractivity contribution in [2.24, 2.45) is 0 Å². The second-order valence-corrected chi connectivity index (χ2v) is 9.49. The average molecular weight is 512 g/mol. The second kappa shape index (κ2) is 9.91. The van der Waals surface area contributed by atoms with Gasteiger partial charge in [-0.2, -0.15) is 4.80 Å². The first-order chi connectivity index (χ1) is 17.7. The number of anilines is 2. The summed E-state index contributed by atoms with van der Waals surface area (Å²) >= 11 is 0.